The quantitative estimate of drug-likeness (QED) is 0.903. The first-order valence-corrected chi connectivity index (χ1v) is 8.74. The van der Waals surface area contributed by atoms with E-state index in [9.17, 15) is 0 Å². The molecule has 1 N–H and O–H groups in total. The monoisotopic (exact) mass is 328 g/mol. The van der Waals surface area contributed by atoms with Gasteiger partial charge in [-0.1, -0.05) is 0 Å². The summed E-state index contributed by atoms with van der Waals surface area (Å²) >= 11 is 0. The molecular weight excluding hydrogens is 304 g/mol. The van der Waals surface area contributed by atoms with Gasteiger partial charge in [-0.05, 0) is 18.6 Å². The molecule has 2 aliphatic heterocycles. The van der Waals surface area contributed by atoms with E-state index in [0.29, 0.717) is 12.0 Å². The van der Waals surface area contributed by atoms with Gasteiger partial charge in [0.1, 0.15) is 0 Å². The zero-order chi connectivity index (χ0) is 16.2. The molecule has 0 saturated carbocycles. The molecule has 24 heavy (non-hydrogen) atoms. The third-order valence-corrected chi connectivity index (χ3v) is 5.07. The lowest BCUT2D eigenvalue weighted by Crippen LogP contribution is -2.50. The highest BCUT2D eigenvalue weighted by Gasteiger charge is 2.31. The number of rotatable bonds is 5. The first kappa shape index (κ1) is 15.7. The van der Waals surface area contributed by atoms with Crippen LogP contribution in [0.15, 0.2) is 30.7 Å². The highest BCUT2D eigenvalue weighted by molar-refractivity contribution is 5.90. The Morgan fingerprint density at radius 2 is 2.08 bits per heavy atom. The van der Waals surface area contributed by atoms with Gasteiger partial charge < -0.3 is 14.8 Å². The van der Waals surface area contributed by atoms with E-state index in [0.717, 1.165) is 69.1 Å². The molecule has 0 radical (unpaired) electrons. The SMILES string of the molecule is c1cc2nccc(NC[C@H]([C@@H]3CCOC3)N3CCOCC3)c2cn1. The van der Waals surface area contributed by atoms with Crippen LogP contribution in [0.5, 0.6) is 0 Å². The third kappa shape index (κ3) is 3.36. The van der Waals surface area contributed by atoms with Crippen LogP contribution in [0.3, 0.4) is 0 Å². The average molecular weight is 328 g/mol. The van der Waals surface area contributed by atoms with Crippen molar-refractivity contribution in [2.75, 3.05) is 51.4 Å². The molecule has 2 aromatic rings. The minimum absolute atomic E-state index is 0.469. The average Bonchev–Trinajstić information content (AvgIpc) is 3.17. The van der Waals surface area contributed by atoms with E-state index >= 15 is 0 Å². The highest BCUT2D eigenvalue weighted by Crippen LogP contribution is 2.25. The number of nitrogens with one attached hydrogen (secondary N) is 1. The summed E-state index contributed by atoms with van der Waals surface area (Å²) in [4.78, 5) is 11.2. The molecule has 0 spiro atoms. The Kier molecular flexibility index (Phi) is 4.87. The maximum atomic E-state index is 5.65. The summed E-state index contributed by atoms with van der Waals surface area (Å²) in [6, 6.07) is 4.45. The molecule has 0 aliphatic carbocycles. The molecule has 2 atom stereocenters. The Labute approximate surface area is 142 Å². The number of hydrogen-bond acceptors (Lipinski definition) is 6. The number of hydrogen-bond donors (Lipinski definition) is 1. The number of ether oxygens (including phenoxy) is 2. The second kappa shape index (κ2) is 7.42. The van der Waals surface area contributed by atoms with Crippen molar-refractivity contribution in [1.29, 1.82) is 0 Å². The zero-order valence-electron chi connectivity index (χ0n) is 13.9. The smallest absolute Gasteiger partial charge is 0.0753 e. The van der Waals surface area contributed by atoms with E-state index in [4.69, 9.17) is 9.47 Å². The molecular formula is C18H24N4O2. The standard InChI is InChI=1S/C18H24N4O2/c1-4-19-11-15-16(1)20-5-2-17(15)21-12-18(14-3-8-24-13-14)22-6-9-23-10-7-22/h1-2,4-5,11,14,18H,3,6-10,12-13H2,(H,20,21)/t14-,18-/m1/s1. The maximum Gasteiger partial charge on any atom is 0.0753 e. The van der Waals surface area contributed by atoms with Gasteiger partial charge in [-0.2, -0.15) is 0 Å². The van der Waals surface area contributed by atoms with Crippen molar-refractivity contribution in [2.24, 2.45) is 5.92 Å². The second-order valence-corrected chi connectivity index (χ2v) is 6.47. The number of nitrogens with zero attached hydrogens (tertiary/aromatic N) is 3. The highest BCUT2D eigenvalue weighted by atomic mass is 16.5. The number of morpholine rings is 1. The van der Waals surface area contributed by atoms with Crippen LogP contribution >= 0.6 is 0 Å². The summed E-state index contributed by atoms with van der Waals surface area (Å²) in [5, 5.41) is 4.72. The van der Waals surface area contributed by atoms with Crippen LogP contribution in [0, 0.1) is 5.92 Å². The first-order chi connectivity index (χ1) is 11.9. The number of aromatic nitrogens is 2. The molecule has 0 bridgehead atoms. The molecule has 6 nitrogen and oxygen atoms in total. The third-order valence-electron chi connectivity index (χ3n) is 5.07. The Morgan fingerprint density at radius 1 is 1.17 bits per heavy atom. The fourth-order valence-electron chi connectivity index (χ4n) is 3.72. The lowest BCUT2D eigenvalue weighted by molar-refractivity contribution is 0.00462. The summed E-state index contributed by atoms with van der Waals surface area (Å²) in [6.07, 6.45) is 6.66. The normalized spacial score (nSPS) is 23.4. The largest absolute Gasteiger partial charge is 0.383 e. The fraction of sp³-hybridized carbons (Fsp3) is 0.556. The topological polar surface area (TPSA) is 59.5 Å². The number of anilines is 1. The van der Waals surface area contributed by atoms with E-state index in [1.807, 2.05) is 24.5 Å². The van der Waals surface area contributed by atoms with Crippen LogP contribution in [0.1, 0.15) is 6.42 Å². The van der Waals surface area contributed by atoms with Gasteiger partial charge in [-0.3, -0.25) is 14.9 Å². The van der Waals surface area contributed by atoms with Gasteiger partial charge in [0.2, 0.25) is 0 Å². The van der Waals surface area contributed by atoms with Crippen molar-refractivity contribution in [2.45, 2.75) is 12.5 Å². The van der Waals surface area contributed by atoms with Gasteiger partial charge in [0, 0.05) is 67.9 Å². The Balaban J connectivity index is 1.51. The molecule has 6 heteroatoms. The van der Waals surface area contributed by atoms with Crippen molar-refractivity contribution < 1.29 is 9.47 Å². The minimum Gasteiger partial charge on any atom is -0.383 e. The molecule has 2 aromatic heterocycles. The van der Waals surface area contributed by atoms with Gasteiger partial charge in [0.05, 0.1) is 25.3 Å². The van der Waals surface area contributed by atoms with Gasteiger partial charge >= 0.3 is 0 Å². The van der Waals surface area contributed by atoms with Crippen molar-refractivity contribution in [3.8, 4) is 0 Å². The van der Waals surface area contributed by atoms with Crippen LogP contribution in [-0.2, 0) is 9.47 Å². The summed E-state index contributed by atoms with van der Waals surface area (Å²) in [5.74, 6) is 0.585. The molecule has 2 fully saturated rings. The first-order valence-electron chi connectivity index (χ1n) is 8.74. The predicted molar refractivity (Wildman–Crippen MR) is 93.1 cm³/mol. The molecule has 2 saturated heterocycles. The summed E-state index contributed by atoms with van der Waals surface area (Å²) in [5.41, 5.74) is 2.08. The minimum atomic E-state index is 0.469. The van der Waals surface area contributed by atoms with Crippen LogP contribution < -0.4 is 5.32 Å². The molecule has 0 aromatic carbocycles. The lowest BCUT2D eigenvalue weighted by Gasteiger charge is -2.37. The van der Waals surface area contributed by atoms with Crippen molar-refractivity contribution in [1.82, 2.24) is 14.9 Å². The van der Waals surface area contributed by atoms with Gasteiger partial charge in [-0.25, -0.2) is 0 Å². The van der Waals surface area contributed by atoms with Gasteiger partial charge in [0.15, 0.2) is 0 Å². The zero-order valence-corrected chi connectivity index (χ0v) is 13.9. The van der Waals surface area contributed by atoms with Crippen molar-refractivity contribution >= 4 is 16.6 Å². The molecule has 0 unspecified atom stereocenters. The Bertz CT molecular complexity index is 664. The van der Waals surface area contributed by atoms with Gasteiger partial charge in [0.25, 0.3) is 0 Å². The van der Waals surface area contributed by atoms with Crippen molar-refractivity contribution in [3.05, 3.63) is 30.7 Å². The van der Waals surface area contributed by atoms with E-state index < -0.39 is 0 Å². The predicted octanol–water partition coefficient (Wildman–Crippen LogP) is 1.78. The molecule has 4 heterocycles. The van der Waals surface area contributed by atoms with Crippen molar-refractivity contribution in [3.63, 3.8) is 0 Å². The molecule has 128 valence electrons. The van der Waals surface area contributed by atoms with Crippen LogP contribution in [-0.4, -0.2) is 67.0 Å². The number of fused-ring (bicyclic) bond motifs is 1. The summed E-state index contributed by atoms with van der Waals surface area (Å²) < 4.78 is 11.2. The fourth-order valence-corrected chi connectivity index (χ4v) is 3.72. The molecule has 0 amide bonds. The van der Waals surface area contributed by atoms with Crippen LogP contribution in [0.2, 0.25) is 0 Å². The Hall–Kier alpha value is -1.76. The second-order valence-electron chi connectivity index (χ2n) is 6.47. The maximum absolute atomic E-state index is 5.65. The van der Waals surface area contributed by atoms with Crippen LogP contribution in [0.25, 0.3) is 10.9 Å². The molecule has 2 aliphatic rings. The van der Waals surface area contributed by atoms with Gasteiger partial charge in [-0.15, -0.1) is 0 Å². The Morgan fingerprint density at radius 3 is 2.92 bits per heavy atom. The lowest BCUT2D eigenvalue weighted by atomic mass is 9.96. The number of pyridine rings is 2. The summed E-state index contributed by atoms with van der Waals surface area (Å²) in [6.45, 7) is 6.30. The van der Waals surface area contributed by atoms with E-state index in [-0.39, 0.29) is 0 Å². The van der Waals surface area contributed by atoms with E-state index in [1.54, 1.807) is 6.20 Å². The van der Waals surface area contributed by atoms with Crippen LogP contribution in [0.4, 0.5) is 5.69 Å². The van der Waals surface area contributed by atoms with E-state index in [2.05, 4.69) is 20.2 Å². The van der Waals surface area contributed by atoms with E-state index in [1.165, 1.54) is 0 Å². The summed E-state index contributed by atoms with van der Waals surface area (Å²) in [7, 11) is 0. The molecule has 4 rings (SSSR count).